The summed E-state index contributed by atoms with van der Waals surface area (Å²) in [4.78, 5) is 38.3. The molecule has 5 aromatic rings. The van der Waals surface area contributed by atoms with Crippen LogP contribution >= 0.6 is 11.8 Å². The Balaban J connectivity index is 1.48. The second-order valence-electron chi connectivity index (χ2n) is 8.19. The van der Waals surface area contributed by atoms with Gasteiger partial charge >= 0.3 is 0 Å². The summed E-state index contributed by atoms with van der Waals surface area (Å²) >= 11 is 1.44. The van der Waals surface area contributed by atoms with Crippen LogP contribution < -0.4 is 11.1 Å². The zero-order chi connectivity index (χ0) is 23.5. The summed E-state index contributed by atoms with van der Waals surface area (Å²) in [6.45, 7) is 2.52. The first kappa shape index (κ1) is 22.1. The Labute approximate surface area is 200 Å². The van der Waals surface area contributed by atoms with Crippen LogP contribution in [0.5, 0.6) is 0 Å². The number of aryl methyl sites for hydroxylation is 1. The molecule has 170 valence electrons. The molecule has 1 atom stereocenters. The predicted molar refractivity (Wildman–Crippen MR) is 137 cm³/mol. The summed E-state index contributed by atoms with van der Waals surface area (Å²) < 4.78 is 1.76. The van der Waals surface area contributed by atoms with E-state index in [-0.39, 0.29) is 16.4 Å². The van der Waals surface area contributed by atoms with Crippen molar-refractivity contribution >= 4 is 33.6 Å². The zero-order valence-electron chi connectivity index (χ0n) is 18.8. The van der Waals surface area contributed by atoms with E-state index in [4.69, 9.17) is 4.98 Å². The number of fused-ring (bicyclic) bond motifs is 2. The Kier molecular flexibility index (Phi) is 6.27. The van der Waals surface area contributed by atoms with Crippen LogP contribution in [0.25, 0.3) is 21.8 Å². The van der Waals surface area contributed by atoms with Gasteiger partial charge in [0, 0.05) is 6.54 Å². The van der Waals surface area contributed by atoms with E-state index in [9.17, 15) is 9.59 Å². The fourth-order valence-corrected chi connectivity index (χ4v) is 5.02. The van der Waals surface area contributed by atoms with Crippen molar-refractivity contribution in [3.8, 4) is 0 Å². The normalized spacial score (nSPS) is 12.3. The minimum absolute atomic E-state index is 0.0478. The Morgan fingerprint density at radius 2 is 1.50 bits per heavy atom. The summed E-state index contributed by atoms with van der Waals surface area (Å²) in [5.41, 5.74) is 2.35. The number of benzene rings is 3. The van der Waals surface area contributed by atoms with Gasteiger partial charge in [-0.05, 0) is 49.6 Å². The van der Waals surface area contributed by atoms with Crippen molar-refractivity contribution in [2.75, 3.05) is 0 Å². The maximum Gasteiger partial charge on any atom is 0.262 e. The largest absolute Gasteiger partial charge is 0.309 e. The second kappa shape index (κ2) is 9.65. The van der Waals surface area contributed by atoms with Crippen LogP contribution in [0.1, 0.15) is 30.0 Å². The smallest absolute Gasteiger partial charge is 0.262 e. The van der Waals surface area contributed by atoms with Gasteiger partial charge in [0.2, 0.25) is 0 Å². The molecule has 0 aliphatic rings. The average molecular weight is 469 g/mol. The van der Waals surface area contributed by atoms with E-state index in [0.717, 1.165) is 12.8 Å². The van der Waals surface area contributed by atoms with Gasteiger partial charge in [-0.3, -0.25) is 14.2 Å². The molecule has 0 radical (unpaired) electrons. The van der Waals surface area contributed by atoms with E-state index in [2.05, 4.69) is 22.1 Å². The van der Waals surface area contributed by atoms with E-state index in [0.29, 0.717) is 39.3 Å². The topological polar surface area (TPSA) is 80.6 Å². The molecule has 1 N–H and O–H groups in total. The number of para-hydroxylation sites is 2. The monoisotopic (exact) mass is 468 g/mol. The van der Waals surface area contributed by atoms with Gasteiger partial charge in [-0.25, -0.2) is 9.97 Å². The number of hydrogen-bond donors (Lipinski definition) is 1. The standard InChI is InChI=1S/C27H24N4O2S/c1-18(24-28-22-15-7-5-13-20(22)25(32)30-24)34-27-29-23-16-8-6-14-21(23)26(33)31(27)17-9-12-19-10-3-2-4-11-19/h2-8,10-11,13-16,18H,9,12,17H2,1H3,(H,28,30,32). The van der Waals surface area contributed by atoms with Crippen LogP contribution in [0.2, 0.25) is 0 Å². The highest BCUT2D eigenvalue weighted by Gasteiger charge is 2.18. The molecule has 0 saturated carbocycles. The third-order valence-corrected chi connectivity index (χ3v) is 6.91. The van der Waals surface area contributed by atoms with E-state index < -0.39 is 0 Å². The number of nitrogens with one attached hydrogen (secondary N) is 1. The van der Waals surface area contributed by atoms with Gasteiger partial charge in [-0.15, -0.1) is 0 Å². The lowest BCUT2D eigenvalue weighted by Crippen LogP contribution is -2.24. The minimum atomic E-state index is -0.203. The van der Waals surface area contributed by atoms with Crippen LogP contribution in [-0.4, -0.2) is 19.5 Å². The highest BCUT2D eigenvalue weighted by atomic mass is 32.2. The quantitative estimate of drug-likeness (QED) is 0.265. The van der Waals surface area contributed by atoms with Crippen molar-refractivity contribution in [2.24, 2.45) is 0 Å². The highest BCUT2D eigenvalue weighted by molar-refractivity contribution is 7.99. The minimum Gasteiger partial charge on any atom is -0.309 e. The fourth-order valence-electron chi connectivity index (χ4n) is 4.03. The van der Waals surface area contributed by atoms with E-state index >= 15 is 0 Å². The molecule has 3 aromatic carbocycles. The molecule has 6 nitrogen and oxygen atoms in total. The molecule has 1 unspecified atom stereocenters. The van der Waals surface area contributed by atoms with Crippen molar-refractivity contribution in [1.29, 1.82) is 0 Å². The first-order chi connectivity index (χ1) is 16.6. The Morgan fingerprint density at radius 1 is 0.853 bits per heavy atom. The van der Waals surface area contributed by atoms with Gasteiger partial charge in [-0.1, -0.05) is 66.4 Å². The number of aromatic nitrogens is 4. The fraction of sp³-hybridized carbons (Fsp3) is 0.185. The van der Waals surface area contributed by atoms with Crippen molar-refractivity contribution in [3.05, 3.63) is 111 Å². The number of rotatable bonds is 7. The number of aromatic amines is 1. The first-order valence-corrected chi connectivity index (χ1v) is 12.2. The molecule has 0 amide bonds. The summed E-state index contributed by atoms with van der Waals surface area (Å²) in [6.07, 6.45) is 1.69. The predicted octanol–water partition coefficient (Wildman–Crippen LogP) is 5.12. The molecule has 34 heavy (non-hydrogen) atoms. The van der Waals surface area contributed by atoms with Gasteiger partial charge in [-0.2, -0.15) is 0 Å². The second-order valence-corrected chi connectivity index (χ2v) is 9.49. The lowest BCUT2D eigenvalue weighted by molar-refractivity contribution is 0.563. The van der Waals surface area contributed by atoms with Crippen LogP contribution in [-0.2, 0) is 13.0 Å². The van der Waals surface area contributed by atoms with Crippen LogP contribution in [0.15, 0.2) is 93.6 Å². The van der Waals surface area contributed by atoms with Gasteiger partial charge in [0.1, 0.15) is 5.82 Å². The first-order valence-electron chi connectivity index (χ1n) is 11.3. The van der Waals surface area contributed by atoms with E-state index in [1.807, 2.05) is 67.6 Å². The third kappa shape index (κ3) is 4.52. The maximum atomic E-state index is 13.4. The van der Waals surface area contributed by atoms with Crippen LogP contribution in [0.4, 0.5) is 0 Å². The SMILES string of the molecule is CC(Sc1nc2ccccc2c(=O)n1CCCc1ccccc1)c1nc2ccccc2c(=O)[nH]1. The van der Waals surface area contributed by atoms with E-state index in [1.165, 1.54) is 17.3 Å². The Morgan fingerprint density at radius 3 is 2.26 bits per heavy atom. The summed E-state index contributed by atoms with van der Waals surface area (Å²) in [6, 6.07) is 25.0. The molecule has 0 aliphatic carbocycles. The Bertz CT molecular complexity index is 1580. The molecule has 0 saturated heterocycles. The number of thioether (sulfide) groups is 1. The molecule has 0 fully saturated rings. The molecule has 2 heterocycles. The van der Waals surface area contributed by atoms with Crippen molar-refractivity contribution in [3.63, 3.8) is 0 Å². The van der Waals surface area contributed by atoms with Crippen molar-refractivity contribution < 1.29 is 0 Å². The lowest BCUT2D eigenvalue weighted by Gasteiger charge is -2.16. The van der Waals surface area contributed by atoms with Crippen molar-refractivity contribution in [2.45, 2.75) is 36.7 Å². The molecule has 0 spiro atoms. The molecule has 7 heteroatoms. The van der Waals surface area contributed by atoms with Gasteiger partial charge < -0.3 is 4.98 Å². The van der Waals surface area contributed by atoms with Crippen LogP contribution in [0.3, 0.4) is 0 Å². The average Bonchev–Trinajstić information content (AvgIpc) is 2.86. The van der Waals surface area contributed by atoms with Gasteiger partial charge in [0.25, 0.3) is 11.1 Å². The maximum absolute atomic E-state index is 13.4. The molecule has 0 aliphatic heterocycles. The van der Waals surface area contributed by atoms with Crippen LogP contribution in [0, 0.1) is 0 Å². The molecular weight excluding hydrogens is 444 g/mol. The van der Waals surface area contributed by atoms with Crippen molar-refractivity contribution in [1.82, 2.24) is 19.5 Å². The highest BCUT2D eigenvalue weighted by Crippen LogP contribution is 2.32. The van der Waals surface area contributed by atoms with Gasteiger partial charge in [0.15, 0.2) is 5.16 Å². The third-order valence-electron chi connectivity index (χ3n) is 5.82. The number of nitrogens with zero attached hydrogens (tertiary/aromatic N) is 3. The summed E-state index contributed by atoms with van der Waals surface area (Å²) in [5.74, 6) is 0.562. The molecular formula is C27H24N4O2S. The lowest BCUT2D eigenvalue weighted by atomic mass is 10.1. The summed E-state index contributed by atoms with van der Waals surface area (Å²) in [7, 11) is 0. The molecule has 0 bridgehead atoms. The number of H-pyrrole nitrogens is 1. The molecule has 2 aromatic heterocycles. The van der Waals surface area contributed by atoms with E-state index in [1.54, 1.807) is 10.6 Å². The summed E-state index contributed by atoms with van der Waals surface area (Å²) in [5, 5.41) is 1.59. The zero-order valence-corrected chi connectivity index (χ0v) is 19.6. The van der Waals surface area contributed by atoms with Gasteiger partial charge in [0.05, 0.1) is 27.1 Å². The Hall–Kier alpha value is -3.71. The molecule has 5 rings (SSSR count). The number of hydrogen-bond acceptors (Lipinski definition) is 5.